The van der Waals surface area contributed by atoms with Gasteiger partial charge in [0, 0.05) is 26.9 Å². The zero-order valence-electron chi connectivity index (χ0n) is 11.4. The SMILES string of the molecule is CN=C(N)/C=C\N(C=O)CCC(COP(=O)(O)O)OC. The van der Waals surface area contributed by atoms with Crippen LogP contribution in [-0.2, 0) is 18.6 Å². The van der Waals surface area contributed by atoms with Crippen molar-refractivity contribution < 1.29 is 28.4 Å². The maximum absolute atomic E-state index is 10.8. The number of phosphoric acid groups is 1. The minimum absolute atomic E-state index is 0.268. The highest BCUT2D eigenvalue weighted by Gasteiger charge is 2.18. The fraction of sp³-hybridized carbons (Fsp3) is 0.600. The number of aliphatic imine (C=N–C) groups is 1. The lowest BCUT2D eigenvalue weighted by molar-refractivity contribution is -0.116. The number of amides is 1. The second kappa shape index (κ2) is 9.62. The average molecular weight is 309 g/mol. The first-order chi connectivity index (χ1) is 9.32. The number of methoxy groups -OCH3 is 1. The Labute approximate surface area is 117 Å². The first-order valence-electron chi connectivity index (χ1n) is 5.66. The largest absolute Gasteiger partial charge is 0.469 e. The molecular weight excluding hydrogens is 289 g/mol. The molecule has 0 aliphatic carbocycles. The number of amidine groups is 1. The summed E-state index contributed by atoms with van der Waals surface area (Å²) < 4.78 is 19.9. The van der Waals surface area contributed by atoms with Crippen molar-refractivity contribution in [2.75, 3.05) is 27.3 Å². The van der Waals surface area contributed by atoms with E-state index in [0.717, 1.165) is 0 Å². The molecule has 0 aromatic rings. The minimum atomic E-state index is -4.53. The van der Waals surface area contributed by atoms with E-state index in [1.54, 1.807) is 0 Å². The van der Waals surface area contributed by atoms with Gasteiger partial charge in [-0.2, -0.15) is 0 Å². The fourth-order valence-corrected chi connectivity index (χ4v) is 1.51. The summed E-state index contributed by atoms with van der Waals surface area (Å²) >= 11 is 0. The van der Waals surface area contributed by atoms with Crippen molar-refractivity contribution in [2.24, 2.45) is 10.7 Å². The van der Waals surface area contributed by atoms with Crippen LogP contribution in [0.1, 0.15) is 6.42 Å². The molecule has 1 unspecified atom stereocenters. The standard InChI is InChI=1S/C10H20N3O6P/c1-12-10(11)4-6-13(8-14)5-3-9(18-2)7-19-20(15,16)17/h4,6,8-9H,3,5,7H2,1-2H3,(H2,11,12)(H2,15,16,17)/b6-4-. The Bertz CT molecular complexity index is 394. The van der Waals surface area contributed by atoms with Crippen LogP contribution in [0.3, 0.4) is 0 Å². The summed E-state index contributed by atoms with van der Waals surface area (Å²) in [6, 6.07) is 0. The lowest BCUT2D eigenvalue weighted by Gasteiger charge is -2.18. The Morgan fingerprint density at radius 3 is 2.65 bits per heavy atom. The molecule has 0 saturated heterocycles. The van der Waals surface area contributed by atoms with Crippen LogP contribution in [-0.4, -0.2) is 60.3 Å². The molecule has 9 nitrogen and oxygen atoms in total. The number of ether oxygens (including phenoxy) is 1. The molecule has 20 heavy (non-hydrogen) atoms. The molecule has 116 valence electrons. The van der Waals surface area contributed by atoms with E-state index in [2.05, 4.69) is 9.52 Å². The van der Waals surface area contributed by atoms with E-state index in [0.29, 0.717) is 12.8 Å². The van der Waals surface area contributed by atoms with E-state index < -0.39 is 13.9 Å². The molecule has 0 rings (SSSR count). The number of rotatable bonds is 10. The maximum Gasteiger partial charge on any atom is 0.469 e. The third kappa shape index (κ3) is 9.65. The second-order valence-corrected chi connectivity index (χ2v) is 4.98. The quantitative estimate of drug-likeness (QED) is 0.213. The van der Waals surface area contributed by atoms with Crippen LogP contribution in [0.25, 0.3) is 0 Å². The topological polar surface area (TPSA) is 135 Å². The number of phosphoric ester groups is 1. The molecule has 0 aromatic carbocycles. The number of nitrogens with zero attached hydrogens (tertiary/aromatic N) is 2. The minimum Gasteiger partial charge on any atom is -0.384 e. The molecule has 0 radical (unpaired) electrons. The zero-order chi connectivity index (χ0) is 15.6. The number of hydrogen-bond acceptors (Lipinski definition) is 5. The third-order valence-electron chi connectivity index (χ3n) is 2.30. The zero-order valence-corrected chi connectivity index (χ0v) is 12.3. The number of carbonyl (C=O) groups is 1. The van der Waals surface area contributed by atoms with Gasteiger partial charge in [0.1, 0.15) is 5.84 Å². The predicted octanol–water partition coefficient (Wildman–Crippen LogP) is -0.540. The maximum atomic E-state index is 10.8. The molecule has 0 aliphatic heterocycles. The van der Waals surface area contributed by atoms with Crippen molar-refractivity contribution in [3.05, 3.63) is 12.3 Å². The lowest BCUT2D eigenvalue weighted by Crippen LogP contribution is -2.26. The van der Waals surface area contributed by atoms with E-state index in [1.807, 2.05) is 0 Å². The Kier molecular flexibility index (Phi) is 9.02. The molecule has 0 spiro atoms. The van der Waals surface area contributed by atoms with E-state index >= 15 is 0 Å². The summed E-state index contributed by atoms with van der Waals surface area (Å²) in [6.07, 6.45) is 3.29. The second-order valence-electron chi connectivity index (χ2n) is 3.74. The van der Waals surface area contributed by atoms with Crippen LogP contribution in [0.5, 0.6) is 0 Å². The molecular formula is C10H20N3O6P. The Morgan fingerprint density at radius 2 is 2.20 bits per heavy atom. The highest BCUT2D eigenvalue weighted by atomic mass is 31.2. The molecule has 1 atom stereocenters. The average Bonchev–Trinajstić information content (AvgIpc) is 2.40. The van der Waals surface area contributed by atoms with Crippen molar-refractivity contribution in [3.63, 3.8) is 0 Å². The molecule has 1 amide bonds. The normalized spacial score (nSPS) is 14.5. The summed E-state index contributed by atoms with van der Waals surface area (Å²) in [5.41, 5.74) is 5.44. The van der Waals surface area contributed by atoms with Gasteiger partial charge >= 0.3 is 7.82 Å². The van der Waals surface area contributed by atoms with Crippen LogP contribution in [0, 0.1) is 0 Å². The summed E-state index contributed by atoms with van der Waals surface area (Å²) in [5.74, 6) is 0.268. The van der Waals surface area contributed by atoms with Gasteiger partial charge in [0.25, 0.3) is 0 Å². The van der Waals surface area contributed by atoms with Gasteiger partial charge in [-0.1, -0.05) is 0 Å². The van der Waals surface area contributed by atoms with Crippen molar-refractivity contribution in [3.8, 4) is 0 Å². The number of hydrogen-bond donors (Lipinski definition) is 3. The Hall–Kier alpha value is -1.25. The van der Waals surface area contributed by atoms with Crippen molar-refractivity contribution in [2.45, 2.75) is 12.5 Å². The summed E-state index contributed by atoms with van der Waals surface area (Å²) in [4.78, 5) is 33.0. The van der Waals surface area contributed by atoms with E-state index in [9.17, 15) is 9.36 Å². The predicted molar refractivity (Wildman–Crippen MR) is 72.9 cm³/mol. The lowest BCUT2D eigenvalue weighted by atomic mass is 10.2. The van der Waals surface area contributed by atoms with Crippen LogP contribution in [0.4, 0.5) is 0 Å². The van der Waals surface area contributed by atoms with Crippen LogP contribution in [0.2, 0.25) is 0 Å². The van der Waals surface area contributed by atoms with Gasteiger partial charge in [-0.05, 0) is 12.5 Å². The van der Waals surface area contributed by atoms with Gasteiger partial charge in [0.05, 0.1) is 12.7 Å². The van der Waals surface area contributed by atoms with Gasteiger partial charge in [-0.25, -0.2) is 4.57 Å². The molecule has 0 saturated carbocycles. The van der Waals surface area contributed by atoms with Gasteiger partial charge < -0.3 is 25.2 Å². The number of nitrogens with two attached hydrogens (primary N) is 1. The van der Waals surface area contributed by atoms with Gasteiger partial charge in [-0.15, -0.1) is 0 Å². The van der Waals surface area contributed by atoms with Gasteiger partial charge in [0.2, 0.25) is 6.41 Å². The molecule has 0 aliphatic rings. The monoisotopic (exact) mass is 309 g/mol. The first kappa shape index (κ1) is 18.8. The molecule has 10 heteroatoms. The van der Waals surface area contributed by atoms with Crippen LogP contribution >= 0.6 is 7.82 Å². The highest BCUT2D eigenvalue weighted by molar-refractivity contribution is 7.46. The Morgan fingerprint density at radius 1 is 1.55 bits per heavy atom. The van der Waals surface area contributed by atoms with E-state index in [-0.39, 0.29) is 19.0 Å². The fourth-order valence-electron chi connectivity index (χ4n) is 1.15. The molecule has 0 fully saturated rings. The number of carbonyl (C=O) groups excluding carboxylic acids is 1. The molecule has 0 aromatic heterocycles. The molecule has 0 bridgehead atoms. The smallest absolute Gasteiger partial charge is 0.384 e. The van der Waals surface area contributed by atoms with Crippen molar-refractivity contribution >= 4 is 20.1 Å². The van der Waals surface area contributed by atoms with Crippen molar-refractivity contribution in [1.29, 1.82) is 0 Å². The summed E-state index contributed by atoms with van der Waals surface area (Å²) in [6.45, 7) is 0.00969. The van der Waals surface area contributed by atoms with Gasteiger partial charge in [-0.3, -0.25) is 14.3 Å². The van der Waals surface area contributed by atoms with Crippen LogP contribution < -0.4 is 5.73 Å². The highest BCUT2D eigenvalue weighted by Crippen LogP contribution is 2.35. The van der Waals surface area contributed by atoms with E-state index in [1.165, 1.54) is 31.3 Å². The van der Waals surface area contributed by atoms with Gasteiger partial charge in [0.15, 0.2) is 0 Å². The summed E-state index contributed by atoms with van der Waals surface area (Å²) in [5, 5.41) is 0. The molecule has 0 heterocycles. The van der Waals surface area contributed by atoms with Crippen LogP contribution in [0.15, 0.2) is 17.3 Å². The Balaban J connectivity index is 4.28. The van der Waals surface area contributed by atoms with E-state index in [4.69, 9.17) is 20.3 Å². The third-order valence-corrected chi connectivity index (χ3v) is 2.79. The van der Waals surface area contributed by atoms with Crippen molar-refractivity contribution in [1.82, 2.24) is 4.90 Å². The first-order valence-corrected chi connectivity index (χ1v) is 7.19. The molecule has 4 N–H and O–H groups in total. The summed E-state index contributed by atoms with van der Waals surface area (Å²) in [7, 11) is -1.62.